The van der Waals surface area contributed by atoms with Gasteiger partial charge in [0.1, 0.15) is 4.21 Å². The second kappa shape index (κ2) is 7.66. The summed E-state index contributed by atoms with van der Waals surface area (Å²) in [4.78, 5) is 17.4. The van der Waals surface area contributed by atoms with E-state index in [4.69, 9.17) is 0 Å². The van der Waals surface area contributed by atoms with Crippen molar-refractivity contribution < 1.29 is 13.2 Å². The molecule has 146 valence electrons. The van der Waals surface area contributed by atoms with Crippen LogP contribution >= 0.6 is 22.7 Å². The van der Waals surface area contributed by atoms with Crippen LogP contribution in [0.4, 0.5) is 0 Å². The summed E-state index contributed by atoms with van der Waals surface area (Å²) < 4.78 is 27.8. The van der Waals surface area contributed by atoms with Gasteiger partial charge in [-0.25, -0.2) is 8.42 Å². The van der Waals surface area contributed by atoms with Gasteiger partial charge in [0.15, 0.2) is 0 Å². The number of thiophene rings is 2. The monoisotopic (exact) mass is 424 g/mol. The van der Waals surface area contributed by atoms with Crippen molar-refractivity contribution in [3.8, 4) is 0 Å². The largest absolute Gasteiger partial charge is 0.335 e. The lowest BCUT2D eigenvalue weighted by Crippen LogP contribution is -2.46. The summed E-state index contributed by atoms with van der Waals surface area (Å²) in [6.45, 7) is 3.47. The number of piperidine rings is 1. The lowest BCUT2D eigenvalue weighted by molar-refractivity contribution is -0.137. The molecular formula is C19H24N2O3S3. The van der Waals surface area contributed by atoms with Crippen molar-refractivity contribution in [1.29, 1.82) is 0 Å². The smallest absolute Gasteiger partial charge is 0.252 e. The third-order valence-electron chi connectivity index (χ3n) is 5.45. The van der Waals surface area contributed by atoms with Crippen LogP contribution in [0.1, 0.15) is 41.5 Å². The van der Waals surface area contributed by atoms with Crippen LogP contribution < -0.4 is 0 Å². The molecule has 2 aromatic rings. The predicted octanol–water partition coefficient (Wildman–Crippen LogP) is 3.88. The number of aryl methyl sites for hydroxylation is 1. The van der Waals surface area contributed by atoms with Crippen molar-refractivity contribution in [2.75, 3.05) is 19.6 Å². The Hall–Kier alpha value is -1.22. The number of carbonyl (C=O) groups is 1. The minimum atomic E-state index is -3.50. The van der Waals surface area contributed by atoms with E-state index in [1.807, 2.05) is 29.3 Å². The van der Waals surface area contributed by atoms with Gasteiger partial charge in [-0.2, -0.15) is 4.31 Å². The van der Waals surface area contributed by atoms with E-state index in [9.17, 15) is 13.2 Å². The van der Waals surface area contributed by atoms with Gasteiger partial charge < -0.3 is 4.90 Å². The molecule has 0 radical (unpaired) electrons. The Bertz CT molecular complexity index is 905. The zero-order valence-corrected chi connectivity index (χ0v) is 17.8. The Balaban J connectivity index is 1.50. The maximum absolute atomic E-state index is 13.2. The summed E-state index contributed by atoms with van der Waals surface area (Å²) in [6.07, 6.45) is 3.51. The lowest BCUT2D eigenvalue weighted by Gasteiger charge is -2.34. The molecule has 8 heteroatoms. The molecule has 2 aromatic heterocycles. The van der Waals surface area contributed by atoms with Crippen molar-refractivity contribution in [1.82, 2.24) is 9.21 Å². The van der Waals surface area contributed by atoms with Crippen LogP contribution in [0.3, 0.4) is 0 Å². The fraction of sp³-hybridized carbons (Fsp3) is 0.526. The van der Waals surface area contributed by atoms with Gasteiger partial charge in [-0.3, -0.25) is 4.79 Å². The highest BCUT2D eigenvalue weighted by molar-refractivity contribution is 7.91. The summed E-state index contributed by atoms with van der Waals surface area (Å²) in [5, 5.41) is 2.05. The molecule has 0 bridgehead atoms. The van der Waals surface area contributed by atoms with Crippen LogP contribution in [0.15, 0.2) is 33.9 Å². The summed E-state index contributed by atoms with van der Waals surface area (Å²) in [5.74, 6) is -0.122. The van der Waals surface area contributed by atoms with Crippen molar-refractivity contribution in [3.05, 3.63) is 39.4 Å². The number of amides is 1. The average molecular weight is 425 g/mol. The average Bonchev–Trinajstić information content (AvgIpc) is 3.41. The second-order valence-electron chi connectivity index (χ2n) is 7.27. The molecule has 0 unspecified atom stereocenters. The number of rotatable bonds is 4. The van der Waals surface area contributed by atoms with E-state index < -0.39 is 10.0 Å². The fourth-order valence-corrected chi connectivity index (χ4v) is 7.92. The van der Waals surface area contributed by atoms with Crippen molar-refractivity contribution in [2.24, 2.45) is 5.92 Å². The zero-order chi connectivity index (χ0) is 19.0. The van der Waals surface area contributed by atoms with E-state index in [1.165, 1.54) is 20.5 Å². The van der Waals surface area contributed by atoms with Gasteiger partial charge in [0.25, 0.3) is 10.0 Å². The van der Waals surface area contributed by atoms with Gasteiger partial charge in [0, 0.05) is 29.4 Å². The molecule has 27 heavy (non-hydrogen) atoms. The minimum absolute atomic E-state index is 0.119. The SMILES string of the molecule is Cc1ccc(S(=O)(=O)N2CCC[C@H](C(=O)N3CCC[C@H]3c3cccs3)C2)s1. The van der Waals surface area contributed by atoms with Crippen LogP contribution in [0.25, 0.3) is 0 Å². The van der Waals surface area contributed by atoms with Crippen LogP contribution in [-0.2, 0) is 14.8 Å². The standard InChI is InChI=1S/C19H24N2O3S3/c1-14-8-9-18(26-14)27(23,24)20-10-2-5-15(13-20)19(22)21-11-3-6-16(21)17-7-4-12-25-17/h4,7-9,12,15-16H,2-3,5-6,10-11,13H2,1H3/t15-,16-/m0/s1. The molecule has 2 aliphatic heterocycles. The van der Waals surface area contributed by atoms with Gasteiger partial charge in [-0.1, -0.05) is 6.07 Å². The van der Waals surface area contributed by atoms with Crippen LogP contribution in [0, 0.1) is 12.8 Å². The van der Waals surface area contributed by atoms with Crippen molar-refractivity contribution in [3.63, 3.8) is 0 Å². The Morgan fingerprint density at radius 2 is 1.96 bits per heavy atom. The quantitative estimate of drug-likeness (QED) is 0.748. The molecule has 0 spiro atoms. The summed E-state index contributed by atoms with van der Waals surface area (Å²) >= 11 is 2.99. The van der Waals surface area contributed by atoms with E-state index >= 15 is 0 Å². The first kappa shape index (κ1) is 19.1. The van der Waals surface area contributed by atoms with Crippen LogP contribution in [0.5, 0.6) is 0 Å². The van der Waals surface area contributed by atoms with E-state index in [-0.39, 0.29) is 17.9 Å². The van der Waals surface area contributed by atoms with Gasteiger partial charge in [0.05, 0.1) is 12.0 Å². The topological polar surface area (TPSA) is 57.7 Å². The highest BCUT2D eigenvalue weighted by Gasteiger charge is 2.39. The number of hydrogen-bond acceptors (Lipinski definition) is 5. The molecule has 0 aromatic carbocycles. The normalized spacial score (nSPS) is 24.4. The first-order chi connectivity index (χ1) is 13.0. The Labute approximate surface area is 168 Å². The van der Waals surface area contributed by atoms with E-state index in [2.05, 4.69) is 6.07 Å². The number of nitrogens with zero attached hydrogens (tertiary/aromatic N) is 2. The van der Waals surface area contributed by atoms with Gasteiger partial charge in [0.2, 0.25) is 5.91 Å². The maximum atomic E-state index is 13.2. The molecule has 2 atom stereocenters. The lowest BCUT2D eigenvalue weighted by atomic mass is 9.97. The molecule has 2 fully saturated rings. The number of sulfonamides is 1. The van der Waals surface area contributed by atoms with Crippen LogP contribution in [-0.4, -0.2) is 43.2 Å². The Kier molecular flexibility index (Phi) is 5.42. The molecule has 2 saturated heterocycles. The molecule has 4 rings (SSSR count). The maximum Gasteiger partial charge on any atom is 0.252 e. The molecular weight excluding hydrogens is 400 g/mol. The number of carbonyl (C=O) groups excluding carboxylic acids is 1. The van der Waals surface area contributed by atoms with Crippen molar-refractivity contribution >= 4 is 38.6 Å². The molecule has 4 heterocycles. The minimum Gasteiger partial charge on any atom is -0.335 e. The number of likely N-dealkylation sites (tertiary alicyclic amines) is 1. The van der Waals surface area contributed by atoms with Crippen molar-refractivity contribution in [2.45, 2.75) is 42.9 Å². The first-order valence-electron chi connectivity index (χ1n) is 9.37. The third-order valence-corrected chi connectivity index (χ3v) is 9.76. The van der Waals surface area contributed by atoms with E-state index in [0.29, 0.717) is 17.3 Å². The highest BCUT2D eigenvalue weighted by atomic mass is 32.2. The third kappa shape index (κ3) is 3.72. The highest BCUT2D eigenvalue weighted by Crippen LogP contribution is 2.37. The summed E-state index contributed by atoms with van der Waals surface area (Å²) in [6, 6.07) is 7.79. The molecule has 0 saturated carbocycles. The molecule has 0 N–H and O–H groups in total. The molecule has 5 nitrogen and oxygen atoms in total. The van der Waals surface area contributed by atoms with Gasteiger partial charge >= 0.3 is 0 Å². The van der Waals surface area contributed by atoms with E-state index in [0.717, 1.165) is 37.1 Å². The zero-order valence-electron chi connectivity index (χ0n) is 15.3. The number of hydrogen-bond donors (Lipinski definition) is 0. The van der Waals surface area contributed by atoms with Crippen LogP contribution in [0.2, 0.25) is 0 Å². The summed E-state index contributed by atoms with van der Waals surface area (Å²) in [5.41, 5.74) is 0. The molecule has 1 amide bonds. The molecule has 2 aliphatic rings. The first-order valence-corrected chi connectivity index (χ1v) is 12.5. The van der Waals surface area contributed by atoms with Gasteiger partial charge in [-0.15, -0.1) is 22.7 Å². The Morgan fingerprint density at radius 1 is 1.15 bits per heavy atom. The second-order valence-corrected chi connectivity index (χ2v) is 11.7. The molecule has 0 aliphatic carbocycles. The van der Waals surface area contributed by atoms with Gasteiger partial charge in [-0.05, 0) is 56.2 Å². The Morgan fingerprint density at radius 3 is 2.67 bits per heavy atom. The summed E-state index contributed by atoms with van der Waals surface area (Å²) in [7, 11) is -3.50. The van der Waals surface area contributed by atoms with E-state index in [1.54, 1.807) is 17.4 Å². The fourth-order valence-electron chi connectivity index (χ4n) is 4.08. The predicted molar refractivity (Wildman–Crippen MR) is 109 cm³/mol.